The molecule has 1 aliphatic heterocycles. The molecule has 0 saturated carbocycles. The Bertz CT molecular complexity index is 1280. The van der Waals surface area contributed by atoms with Crippen LogP contribution in [0, 0.1) is 6.92 Å². The Morgan fingerprint density at radius 1 is 0.971 bits per heavy atom. The van der Waals surface area contributed by atoms with Crippen molar-refractivity contribution >= 4 is 38.9 Å². The number of carbonyl (C=O) groups excluding carboxylic acids is 1. The molecule has 9 heteroatoms. The molecule has 1 aliphatic rings. The minimum atomic E-state index is -4.02. The van der Waals surface area contributed by atoms with Gasteiger partial charge in [-0.1, -0.05) is 47.5 Å². The molecule has 0 unspecified atom stereocenters. The van der Waals surface area contributed by atoms with E-state index in [4.69, 9.17) is 16.3 Å². The molecule has 0 aliphatic carbocycles. The third-order valence-electron chi connectivity index (χ3n) is 6.06. The van der Waals surface area contributed by atoms with Crippen molar-refractivity contribution in [1.29, 1.82) is 0 Å². The highest BCUT2D eigenvalue weighted by Crippen LogP contribution is 2.32. The van der Waals surface area contributed by atoms with Gasteiger partial charge in [-0.25, -0.2) is 8.42 Å². The first kappa shape index (κ1) is 24.9. The summed E-state index contributed by atoms with van der Waals surface area (Å²) in [6.45, 7) is 3.93. The fourth-order valence-electron chi connectivity index (χ4n) is 4.04. The molecule has 0 bridgehead atoms. The number of hydrogen-bond donors (Lipinski definition) is 0. The largest absolute Gasteiger partial charge is 0.495 e. The van der Waals surface area contributed by atoms with Crippen molar-refractivity contribution in [3.63, 3.8) is 0 Å². The Balaban J connectivity index is 1.57. The number of sulfonamides is 1. The summed E-state index contributed by atoms with van der Waals surface area (Å²) in [5, 5.41) is 0.262. The third kappa shape index (κ3) is 5.55. The van der Waals surface area contributed by atoms with Gasteiger partial charge in [0.05, 0.1) is 22.7 Å². The molecule has 35 heavy (non-hydrogen) atoms. The molecule has 7 nitrogen and oxygen atoms in total. The minimum Gasteiger partial charge on any atom is -0.495 e. The van der Waals surface area contributed by atoms with Gasteiger partial charge in [0, 0.05) is 31.9 Å². The van der Waals surface area contributed by atoms with Crippen molar-refractivity contribution in [3.8, 4) is 5.75 Å². The van der Waals surface area contributed by atoms with Crippen LogP contribution in [-0.2, 0) is 14.8 Å². The number of piperazine rings is 1. The van der Waals surface area contributed by atoms with Crippen LogP contribution in [0.4, 0.5) is 11.4 Å². The van der Waals surface area contributed by atoms with Crippen LogP contribution in [0.1, 0.15) is 5.56 Å². The molecule has 0 atom stereocenters. The molecule has 1 saturated heterocycles. The molecule has 3 aromatic rings. The van der Waals surface area contributed by atoms with Gasteiger partial charge in [-0.3, -0.25) is 9.10 Å². The maximum atomic E-state index is 13.6. The number of benzene rings is 3. The smallest absolute Gasteiger partial charge is 0.264 e. The summed E-state index contributed by atoms with van der Waals surface area (Å²) in [7, 11) is -2.53. The molecule has 1 fully saturated rings. The van der Waals surface area contributed by atoms with E-state index in [-0.39, 0.29) is 22.4 Å². The van der Waals surface area contributed by atoms with E-state index in [1.807, 2.05) is 37.3 Å². The number of nitrogens with zero attached hydrogens (tertiary/aromatic N) is 3. The lowest BCUT2D eigenvalue weighted by molar-refractivity contribution is -0.129. The summed E-state index contributed by atoms with van der Waals surface area (Å²) in [6.07, 6.45) is 0. The van der Waals surface area contributed by atoms with Crippen molar-refractivity contribution in [2.24, 2.45) is 0 Å². The molecule has 184 valence electrons. The number of hydrogen-bond acceptors (Lipinski definition) is 5. The zero-order chi connectivity index (χ0) is 25.0. The topological polar surface area (TPSA) is 70.2 Å². The zero-order valence-electron chi connectivity index (χ0n) is 19.7. The summed E-state index contributed by atoms with van der Waals surface area (Å²) in [5.74, 6) is 0.159. The first-order valence-electron chi connectivity index (χ1n) is 11.3. The number of carbonyl (C=O) groups is 1. The maximum absolute atomic E-state index is 13.6. The molecular formula is C26H28ClN3O4S. The summed E-state index contributed by atoms with van der Waals surface area (Å²) in [4.78, 5) is 17.3. The second-order valence-corrected chi connectivity index (χ2v) is 10.6. The molecule has 1 amide bonds. The summed E-state index contributed by atoms with van der Waals surface area (Å²) < 4.78 is 33.6. The second-order valence-electron chi connectivity index (χ2n) is 8.35. The number of ether oxygens (including phenoxy) is 1. The van der Waals surface area contributed by atoms with Crippen LogP contribution >= 0.6 is 11.6 Å². The SMILES string of the molecule is COc1ccc(N(CC(=O)N2CCN(c3ccccc3)CC2)S(=O)(=O)c2ccc(C)cc2)cc1Cl. The predicted molar refractivity (Wildman–Crippen MR) is 139 cm³/mol. The van der Waals surface area contributed by atoms with Crippen LogP contribution in [0.2, 0.25) is 5.02 Å². The molecule has 0 radical (unpaired) electrons. The average molecular weight is 514 g/mol. The number of methoxy groups -OCH3 is 1. The van der Waals surface area contributed by atoms with Crippen LogP contribution in [0.3, 0.4) is 0 Å². The number of halogens is 1. The number of anilines is 2. The Hall–Kier alpha value is -3.23. The quantitative estimate of drug-likeness (QED) is 0.473. The molecule has 1 heterocycles. The van der Waals surface area contributed by atoms with Gasteiger partial charge in [0.25, 0.3) is 10.0 Å². The highest BCUT2D eigenvalue weighted by molar-refractivity contribution is 7.92. The fourth-order valence-corrected chi connectivity index (χ4v) is 5.70. The highest BCUT2D eigenvalue weighted by Gasteiger charge is 2.30. The molecule has 0 aromatic heterocycles. The van der Waals surface area contributed by atoms with Gasteiger partial charge in [0.2, 0.25) is 5.91 Å². The summed E-state index contributed by atoms with van der Waals surface area (Å²) in [6, 6.07) is 21.3. The monoisotopic (exact) mass is 513 g/mol. The van der Waals surface area contributed by atoms with E-state index in [1.165, 1.54) is 13.2 Å². The van der Waals surface area contributed by atoms with Crippen molar-refractivity contribution < 1.29 is 17.9 Å². The second kappa shape index (κ2) is 10.6. The van der Waals surface area contributed by atoms with E-state index < -0.39 is 10.0 Å². The standard InChI is InChI=1S/C26H28ClN3O4S/c1-20-8-11-23(12-9-20)35(32,33)30(22-10-13-25(34-2)24(27)18-22)19-26(31)29-16-14-28(15-17-29)21-6-4-3-5-7-21/h3-13,18H,14-17,19H2,1-2H3. The predicted octanol–water partition coefficient (Wildman–Crippen LogP) is 4.20. The van der Waals surface area contributed by atoms with E-state index >= 15 is 0 Å². The Kier molecular flexibility index (Phi) is 7.52. The van der Waals surface area contributed by atoms with Crippen LogP contribution in [-0.4, -0.2) is 59.1 Å². The van der Waals surface area contributed by atoms with Crippen molar-refractivity contribution in [2.45, 2.75) is 11.8 Å². The normalized spacial score (nSPS) is 14.0. The lowest BCUT2D eigenvalue weighted by Crippen LogP contribution is -2.52. The van der Waals surface area contributed by atoms with Gasteiger partial charge in [-0.05, 0) is 49.4 Å². The third-order valence-corrected chi connectivity index (χ3v) is 8.15. The number of para-hydroxylation sites is 1. The van der Waals surface area contributed by atoms with E-state index in [9.17, 15) is 13.2 Å². The number of rotatable bonds is 7. The van der Waals surface area contributed by atoms with Crippen LogP contribution < -0.4 is 13.9 Å². The van der Waals surface area contributed by atoms with Gasteiger partial charge < -0.3 is 14.5 Å². The zero-order valence-corrected chi connectivity index (χ0v) is 21.3. The maximum Gasteiger partial charge on any atom is 0.264 e. The number of amides is 1. The first-order chi connectivity index (χ1) is 16.8. The summed E-state index contributed by atoms with van der Waals surface area (Å²) in [5.41, 5.74) is 2.35. The Morgan fingerprint density at radius 2 is 1.63 bits per heavy atom. The van der Waals surface area contributed by atoms with Crippen molar-refractivity contribution in [2.75, 3.05) is 49.0 Å². The lowest BCUT2D eigenvalue weighted by Gasteiger charge is -2.37. The highest BCUT2D eigenvalue weighted by atomic mass is 35.5. The lowest BCUT2D eigenvalue weighted by atomic mass is 10.2. The minimum absolute atomic E-state index is 0.108. The van der Waals surface area contributed by atoms with Gasteiger partial charge >= 0.3 is 0 Å². The first-order valence-corrected chi connectivity index (χ1v) is 13.1. The van der Waals surface area contributed by atoms with Crippen molar-refractivity contribution in [3.05, 3.63) is 83.4 Å². The molecule has 0 N–H and O–H groups in total. The molecule has 4 rings (SSSR count). The average Bonchev–Trinajstić information content (AvgIpc) is 2.88. The van der Waals surface area contributed by atoms with E-state index in [0.717, 1.165) is 15.6 Å². The van der Waals surface area contributed by atoms with Gasteiger partial charge in [0.15, 0.2) is 0 Å². The fraction of sp³-hybridized carbons (Fsp3) is 0.269. The molecule has 3 aromatic carbocycles. The Morgan fingerprint density at radius 3 is 2.23 bits per heavy atom. The van der Waals surface area contributed by atoms with Crippen LogP contribution in [0.15, 0.2) is 77.7 Å². The number of aryl methyl sites for hydroxylation is 1. The van der Waals surface area contributed by atoms with E-state index in [1.54, 1.807) is 41.3 Å². The van der Waals surface area contributed by atoms with Gasteiger partial charge in [-0.2, -0.15) is 0 Å². The van der Waals surface area contributed by atoms with E-state index in [2.05, 4.69) is 4.90 Å². The van der Waals surface area contributed by atoms with Gasteiger partial charge in [-0.15, -0.1) is 0 Å². The van der Waals surface area contributed by atoms with Gasteiger partial charge in [0.1, 0.15) is 12.3 Å². The van der Waals surface area contributed by atoms with Crippen LogP contribution in [0.25, 0.3) is 0 Å². The van der Waals surface area contributed by atoms with Crippen LogP contribution in [0.5, 0.6) is 5.75 Å². The molecular weight excluding hydrogens is 486 g/mol. The Labute approximate surface area is 211 Å². The molecule has 0 spiro atoms. The van der Waals surface area contributed by atoms with E-state index in [0.29, 0.717) is 37.6 Å². The van der Waals surface area contributed by atoms with Crippen molar-refractivity contribution in [1.82, 2.24) is 4.90 Å². The summed E-state index contributed by atoms with van der Waals surface area (Å²) >= 11 is 6.30.